The van der Waals surface area contributed by atoms with Gasteiger partial charge in [-0.2, -0.15) is 0 Å². The van der Waals surface area contributed by atoms with Gasteiger partial charge in [0.2, 0.25) is 0 Å². The number of carbonyl (C=O) groups excluding carboxylic acids is 3. The SMILES string of the molecule is CC[C@@]1(O)C(=O)OCc2c1cc1n(c2=O)Cc2cc3c(O)c(CCC(=O)C4=CC(=O)CC=C4)ccc3nc2-1. The summed E-state index contributed by atoms with van der Waals surface area (Å²) in [5.74, 6) is -1.05. The lowest BCUT2D eigenvalue weighted by molar-refractivity contribution is -0.172. The van der Waals surface area contributed by atoms with Crippen LogP contribution in [0.2, 0.25) is 0 Å². The summed E-state index contributed by atoms with van der Waals surface area (Å²) in [6.07, 6.45) is 5.45. The lowest BCUT2D eigenvalue weighted by atomic mass is 9.86. The fourth-order valence-corrected chi connectivity index (χ4v) is 5.43. The molecule has 0 spiro atoms. The quantitative estimate of drug-likeness (QED) is 0.390. The Balaban J connectivity index is 1.36. The Morgan fingerprint density at radius 3 is 2.79 bits per heavy atom. The fraction of sp³-hybridized carbons (Fsp3) is 0.276. The molecule has 4 heterocycles. The predicted octanol–water partition coefficient (Wildman–Crippen LogP) is 2.74. The summed E-state index contributed by atoms with van der Waals surface area (Å²) in [5, 5.41) is 22.5. The number of aromatic nitrogens is 2. The molecule has 0 amide bonds. The van der Waals surface area contributed by atoms with Crippen LogP contribution < -0.4 is 5.56 Å². The average molecular weight is 513 g/mol. The van der Waals surface area contributed by atoms with Crippen LogP contribution in [0.3, 0.4) is 0 Å². The maximum Gasteiger partial charge on any atom is 0.343 e. The normalized spacial score (nSPS) is 19.6. The van der Waals surface area contributed by atoms with Crippen molar-refractivity contribution in [1.29, 1.82) is 0 Å². The maximum atomic E-state index is 13.3. The molecule has 0 radical (unpaired) electrons. The Labute approximate surface area is 216 Å². The van der Waals surface area contributed by atoms with Crippen LogP contribution in [-0.2, 0) is 44.3 Å². The highest BCUT2D eigenvalue weighted by Crippen LogP contribution is 2.40. The smallest absolute Gasteiger partial charge is 0.343 e. The standard InChI is InChI=1S/C29H24N2O7/c1-2-29(37)21-12-23-25-17(13-31(23)27(35)20(21)14-38-28(29)36)11-19-22(30-25)8-6-15(26(19)34)7-9-24(33)16-4-3-5-18(32)10-16/h3-4,6,8,10-12,34,37H,2,5,7,9,13-14H2,1H3/t29-/m0/s1. The number of nitrogens with zero attached hydrogens (tertiary/aromatic N) is 2. The van der Waals surface area contributed by atoms with E-state index in [2.05, 4.69) is 0 Å². The van der Waals surface area contributed by atoms with E-state index in [4.69, 9.17) is 9.72 Å². The number of carbonyl (C=O) groups is 3. The number of aryl methyl sites for hydroxylation is 1. The number of ether oxygens (including phenoxy) is 1. The third kappa shape index (κ3) is 3.53. The molecule has 1 atom stereocenters. The van der Waals surface area contributed by atoms with Gasteiger partial charge in [-0.1, -0.05) is 25.1 Å². The fourth-order valence-electron chi connectivity index (χ4n) is 5.43. The van der Waals surface area contributed by atoms with E-state index in [1.54, 1.807) is 43.3 Å². The number of phenols is 1. The van der Waals surface area contributed by atoms with Gasteiger partial charge in [0, 0.05) is 34.9 Å². The Kier molecular flexibility index (Phi) is 5.43. The number of benzene rings is 1. The lowest BCUT2D eigenvalue weighted by Gasteiger charge is -2.31. The number of fused-ring (bicyclic) bond motifs is 5. The number of hydrogen-bond acceptors (Lipinski definition) is 8. The minimum Gasteiger partial charge on any atom is -0.507 e. The molecular weight excluding hydrogens is 488 g/mol. The second-order valence-electron chi connectivity index (χ2n) is 9.83. The Hall–Kier alpha value is -4.37. The molecule has 0 fully saturated rings. The van der Waals surface area contributed by atoms with E-state index in [9.17, 15) is 29.4 Å². The summed E-state index contributed by atoms with van der Waals surface area (Å²) in [7, 11) is 0. The molecule has 9 heteroatoms. The summed E-state index contributed by atoms with van der Waals surface area (Å²) < 4.78 is 6.64. The highest BCUT2D eigenvalue weighted by molar-refractivity contribution is 6.06. The average Bonchev–Trinajstić information content (AvgIpc) is 3.27. The first-order valence-corrected chi connectivity index (χ1v) is 12.5. The molecule has 0 saturated heterocycles. The number of pyridine rings is 2. The van der Waals surface area contributed by atoms with Crippen LogP contribution in [0.15, 0.2) is 52.9 Å². The largest absolute Gasteiger partial charge is 0.507 e. The van der Waals surface area contributed by atoms with Crippen LogP contribution in [0.25, 0.3) is 22.3 Å². The zero-order valence-corrected chi connectivity index (χ0v) is 20.6. The van der Waals surface area contributed by atoms with Crippen LogP contribution in [0.1, 0.15) is 48.4 Å². The van der Waals surface area contributed by atoms with Gasteiger partial charge < -0.3 is 19.5 Å². The highest BCUT2D eigenvalue weighted by Gasteiger charge is 2.45. The first kappa shape index (κ1) is 24.0. The number of aliphatic hydroxyl groups is 1. The van der Waals surface area contributed by atoms with E-state index >= 15 is 0 Å². The van der Waals surface area contributed by atoms with Crippen molar-refractivity contribution < 1.29 is 29.3 Å². The molecule has 3 aliphatic rings. The van der Waals surface area contributed by atoms with Gasteiger partial charge in [0.1, 0.15) is 12.4 Å². The number of Topliss-reactive ketones (excluding diaryl/α,β-unsaturated/α-hetero) is 1. The van der Waals surface area contributed by atoms with E-state index in [-0.39, 0.29) is 66.4 Å². The number of phenolic OH excluding ortho intramolecular Hbond substituents is 1. The lowest BCUT2D eigenvalue weighted by Crippen LogP contribution is -2.44. The zero-order valence-electron chi connectivity index (χ0n) is 20.6. The Morgan fingerprint density at radius 2 is 2.03 bits per heavy atom. The molecule has 6 rings (SSSR count). The van der Waals surface area contributed by atoms with Crippen LogP contribution in [0.5, 0.6) is 5.75 Å². The number of aromatic hydroxyl groups is 1. The van der Waals surface area contributed by atoms with E-state index in [1.165, 1.54) is 10.6 Å². The van der Waals surface area contributed by atoms with Gasteiger partial charge in [-0.25, -0.2) is 9.78 Å². The molecule has 2 aliphatic heterocycles. The van der Waals surface area contributed by atoms with Crippen molar-refractivity contribution in [2.24, 2.45) is 0 Å². The van der Waals surface area contributed by atoms with E-state index in [0.717, 1.165) is 0 Å². The van der Waals surface area contributed by atoms with Gasteiger partial charge in [-0.15, -0.1) is 0 Å². The summed E-state index contributed by atoms with van der Waals surface area (Å²) in [5.41, 5.74) is 1.43. The van der Waals surface area contributed by atoms with Crippen molar-refractivity contribution in [3.8, 4) is 17.1 Å². The first-order valence-electron chi connectivity index (χ1n) is 12.5. The maximum absolute atomic E-state index is 13.3. The van der Waals surface area contributed by atoms with Crippen molar-refractivity contribution >= 4 is 28.4 Å². The molecule has 192 valence electrons. The molecule has 2 aromatic heterocycles. The highest BCUT2D eigenvalue weighted by atomic mass is 16.6. The Bertz CT molecular complexity index is 1710. The third-order valence-corrected chi connectivity index (χ3v) is 7.62. The van der Waals surface area contributed by atoms with Crippen molar-refractivity contribution in [3.63, 3.8) is 0 Å². The van der Waals surface area contributed by atoms with Gasteiger partial charge in [-0.3, -0.25) is 14.4 Å². The minimum atomic E-state index is -1.90. The molecule has 3 aromatic rings. The van der Waals surface area contributed by atoms with Crippen molar-refractivity contribution in [3.05, 3.63) is 80.7 Å². The number of ketones is 2. The van der Waals surface area contributed by atoms with Gasteiger partial charge >= 0.3 is 5.97 Å². The minimum absolute atomic E-state index is 0.0109. The van der Waals surface area contributed by atoms with Crippen LogP contribution in [-0.4, -0.2) is 37.3 Å². The van der Waals surface area contributed by atoms with Crippen LogP contribution in [0.4, 0.5) is 0 Å². The van der Waals surface area contributed by atoms with Crippen LogP contribution in [0, 0.1) is 0 Å². The molecule has 0 bridgehead atoms. The van der Waals surface area contributed by atoms with Crippen LogP contribution >= 0.6 is 0 Å². The predicted molar refractivity (Wildman–Crippen MR) is 136 cm³/mol. The number of allylic oxidation sites excluding steroid dienone is 4. The zero-order chi connectivity index (χ0) is 26.8. The summed E-state index contributed by atoms with van der Waals surface area (Å²) in [6, 6.07) is 6.88. The topological polar surface area (TPSA) is 136 Å². The second kappa shape index (κ2) is 8.59. The monoisotopic (exact) mass is 512 g/mol. The van der Waals surface area contributed by atoms with E-state index < -0.39 is 11.6 Å². The molecule has 9 nitrogen and oxygen atoms in total. The van der Waals surface area contributed by atoms with Crippen molar-refractivity contribution in [1.82, 2.24) is 9.55 Å². The molecule has 0 unspecified atom stereocenters. The molecule has 1 aromatic carbocycles. The molecule has 0 saturated carbocycles. The molecular formula is C29H24N2O7. The van der Waals surface area contributed by atoms with Gasteiger partial charge in [0.05, 0.1) is 29.0 Å². The molecule has 2 N–H and O–H groups in total. The number of cyclic esters (lactones) is 1. The molecule has 38 heavy (non-hydrogen) atoms. The first-order chi connectivity index (χ1) is 18.2. The number of rotatable bonds is 5. The number of hydrogen-bond donors (Lipinski definition) is 2. The third-order valence-electron chi connectivity index (χ3n) is 7.62. The van der Waals surface area contributed by atoms with E-state index in [1.807, 2.05) is 0 Å². The van der Waals surface area contributed by atoms with Gasteiger partial charge in [0.15, 0.2) is 17.2 Å². The summed E-state index contributed by atoms with van der Waals surface area (Å²) in [6.45, 7) is 1.66. The van der Waals surface area contributed by atoms with E-state index in [0.29, 0.717) is 45.4 Å². The molecule has 1 aliphatic carbocycles. The summed E-state index contributed by atoms with van der Waals surface area (Å²) >= 11 is 0. The van der Waals surface area contributed by atoms with Crippen molar-refractivity contribution in [2.45, 2.75) is 51.4 Å². The van der Waals surface area contributed by atoms with Gasteiger partial charge in [0.25, 0.3) is 5.56 Å². The van der Waals surface area contributed by atoms with Gasteiger partial charge in [-0.05, 0) is 42.7 Å². The number of esters is 1. The summed E-state index contributed by atoms with van der Waals surface area (Å²) in [4.78, 5) is 54.5. The van der Waals surface area contributed by atoms with Crippen molar-refractivity contribution in [2.75, 3.05) is 0 Å². The Morgan fingerprint density at radius 1 is 1.21 bits per heavy atom. The second-order valence-corrected chi connectivity index (χ2v) is 9.83.